The summed E-state index contributed by atoms with van der Waals surface area (Å²) < 4.78 is 5.43. The van der Waals surface area contributed by atoms with Gasteiger partial charge in [0.15, 0.2) is 0 Å². The second-order valence-corrected chi connectivity index (χ2v) is 6.46. The van der Waals surface area contributed by atoms with Gasteiger partial charge in [-0.1, -0.05) is 12.1 Å². The first-order valence-corrected chi connectivity index (χ1v) is 8.99. The Morgan fingerprint density at radius 3 is 2.64 bits per heavy atom. The highest BCUT2D eigenvalue weighted by Gasteiger charge is 2.24. The maximum atomic E-state index is 11.9. The number of benzene rings is 1. The molecule has 25 heavy (non-hydrogen) atoms. The molecule has 138 valence electrons. The Hall–Kier alpha value is -2.24. The first kappa shape index (κ1) is 19.1. The van der Waals surface area contributed by atoms with E-state index in [1.165, 1.54) is 0 Å². The third-order valence-corrected chi connectivity index (χ3v) is 4.64. The molecule has 1 aliphatic heterocycles. The Kier molecular flexibility index (Phi) is 7.57. The van der Waals surface area contributed by atoms with E-state index < -0.39 is 0 Å². The van der Waals surface area contributed by atoms with Gasteiger partial charge in [0.2, 0.25) is 11.8 Å². The van der Waals surface area contributed by atoms with E-state index in [-0.39, 0.29) is 11.8 Å². The predicted molar refractivity (Wildman–Crippen MR) is 98.9 cm³/mol. The first-order valence-electron chi connectivity index (χ1n) is 8.99. The number of para-hydroxylation sites is 2. The molecule has 1 saturated heterocycles. The molecule has 2 amide bonds. The molecule has 0 unspecified atom stereocenters. The lowest BCUT2D eigenvalue weighted by Crippen LogP contribution is -2.31. The molecule has 1 aromatic rings. The molecule has 0 bridgehead atoms. The highest BCUT2D eigenvalue weighted by atomic mass is 16.5. The van der Waals surface area contributed by atoms with Gasteiger partial charge in [-0.2, -0.15) is 0 Å². The largest absolute Gasteiger partial charge is 0.495 e. The minimum atomic E-state index is 0.0304. The molecule has 6 nitrogen and oxygen atoms in total. The van der Waals surface area contributed by atoms with Gasteiger partial charge < -0.3 is 20.3 Å². The number of hydrogen-bond acceptors (Lipinski definition) is 4. The maximum absolute atomic E-state index is 11.9. The van der Waals surface area contributed by atoms with Gasteiger partial charge in [-0.15, -0.1) is 0 Å². The zero-order valence-corrected chi connectivity index (χ0v) is 15.2. The quantitative estimate of drug-likeness (QED) is 0.670. The van der Waals surface area contributed by atoms with Gasteiger partial charge in [-0.05, 0) is 37.3 Å². The molecular weight excluding hydrogens is 318 g/mol. The second kappa shape index (κ2) is 9.91. The van der Waals surface area contributed by atoms with Crippen LogP contribution in [0.2, 0.25) is 0 Å². The molecule has 0 radical (unpaired) electrons. The fourth-order valence-electron chi connectivity index (χ4n) is 3.15. The Morgan fingerprint density at radius 1 is 1.20 bits per heavy atom. The lowest BCUT2D eigenvalue weighted by atomic mass is 10.1. The van der Waals surface area contributed by atoms with Crippen molar-refractivity contribution in [2.75, 3.05) is 38.7 Å². The number of nitrogens with zero attached hydrogens (tertiary/aromatic N) is 1. The smallest absolute Gasteiger partial charge is 0.220 e. The maximum Gasteiger partial charge on any atom is 0.220 e. The van der Waals surface area contributed by atoms with Crippen LogP contribution in [-0.2, 0) is 9.59 Å². The average Bonchev–Trinajstić information content (AvgIpc) is 3.12. The Labute approximate surface area is 149 Å². The van der Waals surface area contributed by atoms with E-state index in [4.69, 9.17) is 4.74 Å². The predicted octanol–water partition coefficient (Wildman–Crippen LogP) is 1.94. The van der Waals surface area contributed by atoms with Crippen LogP contribution in [0, 0.1) is 5.92 Å². The van der Waals surface area contributed by atoms with Crippen LogP contribution in [-0.4, -0.2) is 45.6 Å². The summed E-state index contributed by atoms with van der Waals surface area (Å²) in [6, 6.07) is 8.04. The van der Waals surface area contributed by atoms with E-state index >= 15 is 0 Å². The van der Waals surface area contributed by atoms with E-state index in [2.05, 4.69) is 21.6 Å². The van der Waals surface area contributed by atoms with Crippen LogP contribution in [0.3, 0.4) is 0 Å². The molecule has 0 saturated carbocycles. The number of amides is 2. The Bertz CT molecular complexity index is 577. The van der Waals surface area contributed by atoms with Crippen LogP contribution in [0.5, 0.6) is 5.75 Å². The number of nitrogens with one attached hydrogen (secondary N) is 2. The summed E-state index contributed by atoms with van der Waals surface area (Å²) in [7, 11) is 3.32. The number of ether oxygens (including phenoxy) is 1. The standard InChI is InChI=1S/C19H29N3O3/c1-20-18(23)9-5-6-10-19(24)21-13-15-11-12-22(14-15)16-7-3-4-8-17(16)25-2/h3-4,7-8,15H,5-6,9-14H2,1-2H3,(H,20,23)(H,21,24)/t15-/m0/s1. The first-order chi connectivity index (χ1) is 12.1. The molecule has 0 aromatic heterocycles. The van der Waals surface area contributed by atoms with Gasteiger partial charge >= 0.3 is 0 Å². The summed E-state index contributed by atoms with van der Waals surface area (Å²) >= 11 is 0. The molecule has 1 aliphatic rings. The monoisotopic (exact) mass is 347 g/mol. The fraction of sp³-hybridized carbons (Fsp3) is 0.579. The highest BCUT2D eigenvalue weighted by Crippen LogP contribution is 2.31. The molecule has 1 atom stereocenters. The third kappa shape index (κ3) is 5.96. The molecule has 2 N–H and O–H groups in total. The van der Waals surface area contributed by atoms with Crippen molar-refractivity contribution in [1.82, 2.24) is 10.6 Å². The van der Waals surface area contributed by atoms with Crippen LogP contribution in [0.15, 0.2) is 24.3 Å². The second-order valence-electron chi connectivity index (χ2n) is 6.46. The number of methoxy groups -OCH3 is 1. The summed E-state index contributed by atoms with van der Waals surface area (Å²) in [4.78, 5) is 25.4. The van der Waals surface area contributed by atoms with E-state index in [0.717, 1.165) is 43.8 Å². The minimum Gasteiger partial charge on any atom is -0.495 e. The van der Waals surface area contributed by atoms with E-state index in [9.17, 15) is 9.59 Å². The van der Waals surface area contributed by atoms with Crippen LogP contribution >= 0.6 is 0 Å². The zero-order chi connectivity index (χ0) is 18.1. The average molecular weight is 347 g/mol. The molecule has 1 aromatic carbocycles. The molecule has 6 heteroatoms. The number of carbonyl (C=O) groups excluding carboxylic acids is 2. The summed E-state index contributed by atoms with van der Waals surface area (Å²) in [5.41, 5.74) is 1.12. The summed E-state index contributed by atoms with van der Waals surface area (Å²) in [5, 5.41) is 5.62. The van der Waals surface area contributed by atoms with Gasteiger partial charge in [-0.3, -0.25) is 9.59 Å². The van der Waals surface area contributed by atoms with Crippen molar-refractivity contribution in [2.45, 2.75) is 32.1 Å². The number of carbonyl (C=O) groups is 2. The van der Waals surface area contributed by atoms with E-state index in [0.29, 0.717) is 25.3 Å². The minimum absolute atomic E-state index is 0.0304. The fourth-order valence-corrected chi connectivity index (χ4v) is 3.15. The molecule has 1 heterocycles. The van der Waals surface area contributed by atoms with Crippen LogP contribution < -0.4 is 20.3 Å². The molecule has 0 aliphatic carbocycles. The SMILES string of the molecule is CNC(=O)CCCCC(=O)NC[C@@H]1CCN(c2ccccc2OC)C1. The number of rotatable bonds is 9. The number of anilines is 1. The summed E-state index contributed by atoms with van der Waals surface area (Å²) in [6.07, 6.45) is 3.53. The van der Waals surface area contributed by atoms with Crippen molar-refractivity contribution in [3.8, 4) is 5.75 Å². The highest BCUT2D eigenvalue weighted by molar-refractivity contribution is 5.76. The normalized spacial score (nSPS) is 16.6. The van der Waals surface area contributed by atoms with Crippen molar-refractivity contribution >= 4 is 17.5 Å². The van der Waals surface area contributed by atoms with E-state index in [1.807, 2.05) is 18.2 Å². The molecular formula is C19H29N3O3. The summed E-state index contributed by atoms with van der Waals surface area (Å²) in [6.45, 7) is 2.62. The van der Waals surface area contributed by atoms with Crippen molar-refractivity contribution in [3.63, 3.8) is 0 Å². The van der Waals surface area contributed by atoms with Crippen molar-refractivity contribution in [1.29, 1.82) is 0 Å². The lowest BCUT2D eigenvalue weighted by molar-refractivity contribution is -0.122. The Morgan fingerprint density at radius 2 is 1.92 bits per heavy atom. The van der Waals surface area contributed by atoms with Crippen LogP contribution in [0.25, 0.3) is 0 Å². The van der Waals surface area contributed by atoms with Gasteiger partial charge in [0.05, 0.1) is 12.8 Å². The molecule has 0 spiro atoms. The number of hydrogen-bond donors (Lipinski definition) is 2. The van der Waals surface area contributed by atoms with Gasteiger partial charge in [0.25, 0.3) is 0 Å². The topological polar surface area (TPSA) is 70.7 Å². The van der Waals surface area contributed by atoms with Gasteiger partial charge in [0, 0.05) is 39.5 Å². The molecule has 2 rings (SSSR count). The zero-order valence-electron chi connectivity index (χ0n) is 15.2. The van der Waals surface area contributed by atoms with Crippen LogP contribution in [0.1, 0.15) is 32.1 Å². The van der Waals surface area contributed by atoms with Gasteiger partial charge in [0.1, 0.15) is 5.75 Å². The van der Waals surface area contributed by atoms with E-state index in [1.54, 1.807) is 14.2 Å². The summed E-state index contributed by atoms with van der Waals surface area (Å²) in [5.74, 6) is 1.46. The van der Waals surface area contributed by atoms with Crippen molar-refractivity contribution in [2.24, 2.45) is 5.92 Å². The third-order valence-electron chi connectivity index (χ3n) is 4.64. The molecule has 1 fully saturated rings. The lowest BCUT2D eigenvalue weighted by Gasteiger charge is -2.21. The van der Waals surface area contributed by atoms with Crippen molar-refractivity contribution < 1.29 is 14.3 Å². The Balaban J connectivity index is 1.67. The van der Waals surface area contributed by atoms with Crippen molar-refractivity contribution in [3.05, 3.63) is 24.3 Å². The van der Waals surface area contributed by atoms with Gasteiger partial charge in [-0.25, -0.2) is 0 Å². The van der Waals surface area contributed by atoms with Crippen LogP contribution in [0.4, 0.5) is 5.69 Å². The number of unbranched alkanes of at least 4 members (excludes halogenated alkanes) is 1.